The van der Waals surface area contributed by atoms with Crippen molar-refractivity contribution in [2.45, 2.75) is 12.7 Å². The van der Waals surface area contributed by atoms with Crippen molar-refractivity contribution >= 4 is 6.47 Å². The minimum Gasteiger partial charge on any atom is -0.438 e. The van der Waals surface area contributed by atoms with Crippen LogP contribution in [0.25, 0.3) is 0 Å². The highest BCUT2D eigenvalue weighted by Crippen LogP contribution is 2.09. The summed E-state index contributed by atoms with van der Waals surface area (Å²) in [7, 11) is 0. The average molecular weight is 102 g/mol. The monoisotopic (exact) mass is 102 g/mol. The lowest BCUT2D eigenvalue weighted by molar-refractivity contribution is -0.205. The summed E-state index contributed by atoms with van der Waals surface area (Å²) in [6.07, 6.45) is 0.608. The van der Waals surface area contributed by atoms with Crippen molar-refractivity contribution < 1.29 is 14.3 Å². The van der Waals surface area contributed by atoms with Gasteiger partial charge >= 0.3 is 0 Å². The molecule has 1 aliphatic rings. The van der Waals surface area contributed by atoms with Crippen molar-refractivity contribution in [2.24, 2.45) is 0 Å². The summed E-state index contributed by atoms with van der Waals surface area (Å²) in [5.41, 5.74) is 0. The molecule has 3 heteroatoms. The standard InChI is InChI=1S/C4H6O3/c5-3-7-4-1-2-6-4/h3-4H,1-2H2. The van der Waals surface area contributed by atoms with Crippen LogP contribution in [0.3, 0.4) is 0 Å². The summed E-state index contributed by atoms with van der Waals surface area (Å²) >= 11 is 0. The first kappa shape index (κ1) is 4.59. The summed E-state index contributed by atoms with van der Waals surface area (Å²) in [5.74, 6) is 0. The molecule has 3 nitrogen and oxygen atoms in total. The highest BCUT2D eigenvalue weighted by Gasteiger charge is 2.17. The molecule has 0 radical (unpaired) electrons. The van der Waals surface area contributed by atoms with E-state index >= 15 is 0 Å². The summed E-state index contributed by atoms with van der Waals surface area (Å²) in [4.78, 5) is 9.51. The Labute approximate surface area is 41.2 Å². The molecule has 0 aliphatic carbocycles. The molecule has 0 aromatic rings. The van der Waals surface area contributed by atoms with Crippen LogP contribution in [0.2, 0.25) is 0 Å². The Morgan fingerprint density at radius 2 is 2.57 bits per heavy atom. The molecule has 0 aromatic heterocycles. The summed E-state index contributed by atoms with van der Waals surface area (Å²) < 4.78 is 9.09. The second-order valence-electron chi connectivity index (χ2n) is 1.32. The molecule has 0 spiro atoms. The molecule has 1 fully saturated rings. The van der Waals surface area contributed by atoms with Gasteiger partial charge in [0.15, 0.2) is 0 Å². The zero-order valence-corrected chi connectivity index (χ0v) is 3.79. The molecule has 1 heterocycles. The molecule has 0 amide bonds. The molecular weight excluding hydrogens is 96.0 g/mol. The minimum absolute atomic E-state index is 0.238. The van der Waals surface area contributed by atoms with Crippen molar-refractivity contribution in [3.05, 3.63) is 0 Å². The van der Waals surface area contributed by atoms with Crippen LogP contribution in [0, 0.1) is 0 Å². The molecule has 40 valence electrons. The Morgan fingerprint density at radius 3 is 2.71 bits per heavy atom. The second-order valence-corrected chi connectivity index (χ2v) is 1.32. The molecule has 7 heavy (non-hydrogen) atoms. The van der Waals surface area contributed by atoms with E-state index in [0.717, 1.165) is 13.0 Å². The Hall–Kier alpha value is -0.570. The molecule has 1 saturated heterocycles. The lowest BCUT2D eigenvalue weighted by Gasteiger charge is -2.23. The van der Waals surface area contributed by atoms with Gasteiger partial charge in [0, 0.05) is 6.42 Å². The van der Waals surface area contributed by atoms with Crippen molar-refractivity contribution in [2.75, 3.05) is 6.61 Å². The van der Waals surface area contributed by atoms with Crippen LogP contribution >= 0.6 is 0 Å². The van der Waals surface area contributed by atoms with E-state index in [4.69, 9.17) is 4.74 Å². The number of carbonyl (C=O) groups excluding carboxylic acids is 1. The fraction of sp³-hybridized carbons (Fsp3) is 0.750. The van der Waals surface area contributed by atoms with Crippen molar-refractivity contribution in [1.82, 2.24) is 0 Å². The van der Waals surface area contributed by atoms with E-state index in [0.29, 0.717) is 6.47 Å². The van der Waals surface area contributed by atoms with Crippen LogP contribution in [0.5, 0.6) is 0 Å². The van der Waals surface area contributed by atoms with Gasteiger partial charge in [-0.1, -0.05) is 0 Å². The highest BCUT2D eigenvalue weighted by atomic mass is 16.7. The smallest absolute Gasteiger partial charge is 0.295 e. The van der Waals surface area contributed by atoms with E-state index in [1.54, 1.807) is 0 Å². The number of ether oxygens (including phenoxy) is 2. The summed E-state index contributed by atoms with van der Waals surface area (Å²) in [6, 6.07) is 0. The molecule has 0 bridgehead atoms. The normalized spacial score (nSPS) is 28.3. The topological polar surface area (TPSA) is 35.5 Å². The largest absolute Gasteiger partial charge is 0.438 e. The van der Waals surface area contributed by atoms with Crippen molar-refractivity contribution in [1.29, 1.82) is 0 Å². The maximum absolute atomic E-state index is 9.51. The second kappa shape index (κ2) is 1.93. The van der Waals surface area contributed by atoms with E-state index in [9.17, 15) is 4.79 Å². The van der Waals surface area contributed by atoms with Gasteiger partial charge in [-0.2, -0.15) is 0 Å². The molecular formula is C4H6O3. The van der Waals surface area contributed by atoms with Gasteiger partial charge in [-0.05, 0) is 0 Å². The van der Waals surface area contributed by atoms with Crippen LogP contribution in [0.4, 0.5) is 0 Å². The van der Waals surface area contributed by atoms with E-state index in [1.165, 1.54) is 0 Å². The van der Waals surface area contributed by atoms with Crippen LogP contribution in [-0.2, 0) is 14.3 Å². The third-order valence-corrected chi connectivity index (χ3v) is 0.865. The lowest BCUT2D eigenvalue weighted by Crippen LogP contribution is -2.28. The number of hydrogen-bond acceptors (Lipinski definition) is 3. The molecule has 1 aliphatic heterocycles. The SMILES string of the molecule is O=COC1CCO1. The lowest BCUT2D eigenvalue weighted by atomic mass is 10.3. The van der Waals surface area contributed by atoms with Gasteiger partial charge in [0.2, 0.25) is 6.29 Å². The van der Waals surface area contributed by atoms with E-state index in [1.807, 2.05) is 0 Å². The third kappa shape index (κ3) is 0.899. The Balaban J connectivity index is 2.03. The zero-order valence-electron chi connectivity index (χ0n) is 3.79. The van der Waals surface area contributed by atoms with Gasteiger partial charge in [0.1, 0.15) is 0 Å². The van der Waals surface area contributed by atoms with Gasteiger partial charge < -0.3 is 9.47 Å². The quantitative estimate of drug-likeness (QED) is 0.457. The van der Waals surface area contributed by atoms with Gasteiger partial charge in [-0.25, -0.2) is 0 Å². The summed E-state index contributed by atoms with van der Waals surface area (Å²) in [6.45, 7) is 1.13. The molecule has 0 N–H and O–H groups in total. The molecule has 1 rings (SSSR count). The molecule has 1 atom stereocenters. The molecule has 0 aromatic carbocycles. The van der Waals surface area contributed by atoms with Crippen LogP contribution in [0.15, 0.2) is 0 Å². The Kier molecular flexibility index (Phi) is 1.26. The first-order valence-corrected chi connectivity index (χ1v) is 2.14. The van der Waals surface area contributed by atoms with Crippen molar-refractivity contribution in [3.63, 3.8) is 0 Å². The molecule has 0 saturated carbocycles. The Bertz CT molecular complexity index is 67.3. The van der Waals surface area contributed by atoms with Gasteiger partial charge in [0.05, 0.1) is 6.61 Å². The maximum Gasteiger partial charge on any atom is 0.295 e. The predicted octanol–water partition coefficient (Wildman–Crippen LogP) is -0.0942. The van der Waals surface area contributed by atoms with E-state index < -0.39 is 0 Å². The Morgan fingerprint density at radius 1 is 1.86 bits per heavy atom. The third-order valence-electron chi connectivity index (χ3n) is 0.865. The van der Waals surface area contributed by atoms with Crippen LogP contribution < -0.4 is 0 Å². The van der Waals surface area contributed by atoms with Gasteiger partial charge in [0.25, 0.3) is 6.47 Å². The molecule has 1 unspecified atom stereocenters. The van der Waals surface area contributed by atoms with E-state index in [-0.39, 0.29) is 6.29 Å². The first-order valence-electron chi connectivity index (χ1n) is 2.14. The zero-order chi connectivity index (χ0) is 5.11. The van der Waals surface area contributed by atoms with E-state index in [2.05, 4.69) is 4.74 Å². The maximum atomic E-state index is 9.51. The summed E-state index contributed by atoms with van der Waals surface area (Å²) in [5, 5.41) is 0. The first-order chi connectivity index (χ1) is 3.43. The number of carbonyl (C=O) groups is 1. The minimum atomic E-state index is -0.238. The van der Waals surface area contributed by atoms with Gasteiger partial charge in [-0.3, -0.25) is 4.79 Å². The fourth-order valence-corrected chi connectivity index (χ4v) is 0.383. The van der Waals surface area contributed by atoms with Crippen LogP contribution in [-0.4, -0.2) is 19.4 Å². The highest BCUT2D eigenvalue weighted by molar-refractivity contribution is 5.37. The average Bonchev–Trinajstić information content (AvgIpc) is 1.55. The predicted molar refractivity (Wildman–Crippen MR) is 21.5 cm³/mol. The number of rotatable bonds is 2. The van der Waals surface area contributed by atoms with Crippen LogP contribution in [0.1, 0.15) is 6.42 Å². The van der Waals surface area contributed by atoms with Crippen molar-refractivity contribution in [3.8, 4) is 0 Å². The number of hydrogen-bond donors (Lipinski definition) is 0. The van der Waals surface area contributed by atoms with Gasteiger partial charge in [-0.15, -0.1) is 0 Å². The fourth-order valence-electron chi connectivity index (χ4n) is 0.383.